The molecule has 0 aromatic carbocycles. The van der Waals surface area contributed by atoms with E-state index in [4.69, 9.17) is 0 Å². The molecule has 7 heavy (non-hydrogen) atoms. The molecular weight excluding hydrogens is 131 g/mol. The molecule has 0 bridgehead atoms. The maximum absolute atomic E-state index is 3.67. The third kappa shape index (κ3) is 2.64. The Hall–Kier alpha value is -0.0265. The molecule has 0 aromatic heterocycles. The summed E-state index contributed by atoms with van der Waals surface area (Å²) >= 11 is -0.722. The van der Waals surface area contributed by atoms with Crippen molar-refractivity contribution in [3.05, 3.63) is 23.2 Å². The molecule has 0 aliphatic carbocycles. The third-order valence-electron chi connectivity index (χ3n) is 0.665. The van der Waals surface area contributed by atoms with Crippen LogP contribution in [0.25, 0.3) is 0 Å². The fourth-order valence-corrected chi connectivity index (χ4v) is 0.217. The fourth-order valence-electron chi connectivity index (χ4n) is 0.0527. The van der Waals surface area contributed by atoms with E-state index in [-0.39, 0.29) is 0 Å². The Labute approximate surface area is 48.0 Å². The van der Waals surface area contributed by atoms with E-state index in [1.807, 2.05) is 10.1 Å². The van der Waals surface area contributed by atoms with Gasteiger partial charge < -0.3 is 0 Å². The van der Waals surface area contributed by atoms with E-state index in [9.17, 15) is 0 Å². The van der Waals surface area contributed by atoms with Gasteiger partial charge in [0.25, 0.3) is 0 Å². The molecule has 0 saturated carbocycles. The van der Waals surface area contributed by atoms with Crippen LogP contribution in [0.4, 0.5) is 0 Å². The van der Waals surface area contributed by atoms with Gasteiger partial charge in [-0.15, -0.1) is 0 Å². The zero-order chi connectivity index (χ0) is 5.91. The average Bonchev–Trinajstić information content (AvgIpc) is 1.68. The van der Waals surface area contributed by atoms with Gasteiger partial charge in [-0.05, 0) is 0 Å². The zero-order valence-electron chi connectivity index (χ0n) is 4.89. The number of rotatable bonds is 2. The van der Waals surface area contributed by atoms with Crippen molar-refractivity contribution in [2.75, 3.05) is 0 Å². The summed E-state index contributed by atoms with van der Waals surface area (Å²) in [5, 5.41) is 3.94. The fraction of sp³-hybridized carbons (Fsp3) is 0.333. The van der Waals surface area contributed by atoms with Crippen LogP contribution < -0.4 is 0 Å². The van der Waals surface area contributed by atoms with Gasteiger partial charge in [0, 0.05) is 0 Å². The van der Waals surface area contributed by atoms with Crippen LogP contribution in [-0.4, -0.2) is 0 Å². The van der Waals surface area contributed by atoms with E-state index in [1.54, 1.807) is 0 Å². The SMILES string of the molecule is C=[CH][Ni]([CH3])([CH3])[CH]=C. The van der Waals surface area contributed by atoms with E-state index >= 15 is 0 Å². The second-order valence-electron chi connectivity index (χ2n) is 1.41. The van der Waals surface area contributed by atoms with Crippen molar-refractivity contribution in [1.82, 2.24) is 0 Å². The molecule has 0 fully saturated rings. The molecule has 0 unspecified atom stereocenters. The first-order chi connectivity index (χ1) is 3.12. The predicted molar refractivity (Wildman–Crippen MR) is 32.1 cm³/mol. The molecule has 0 N–H and O–H groups in total. The first-order valence-electron chi connectivity index (χ1n) is 1.81. The van der Waals surface area contributed by atoms with Crippen LogP contribution in [0.3, 0.4) is 0 Å². The summed E-state index contributed by atoms with van der Waals surface area (Å²) in [7, 11) is 0. The summed E-state index contributed by atoms with van der Waals surface area (Å²) < 4.78 is 0. The Balaban J connectivity index is 3.82. The van der Waals surface area contributed by atoms with Crippen LogP contribution >= 0.6 is 0 Å². The first-order valence-corrected chi connectivity index (χ1v) is 4.93. The van der Waals surface area contributed by atoms with Gasteiger partial charge in [0.15, 0.2) is 0 Å². The standard InChI is InChI=1S/2C2H3.2CH3.Ni/c2*1-2;;;/h2*1H,2H2;2*1H3;. The summed E-state index contributed by atoms with van der Waals surface area (Å²) in [5.74, 6) is 4.31. The number of hydrogen-bond acceptors (Lipinski definition) is 0. The van der Waals surface area contributed by atoms with E-state index in [2.05, 4.69) is 24.9 Å². The molecule has 0 aliphatic rings. The molecule has 0 amide bonds. The van der Waals surface area contributed by atoms with Crippen molar-refractivity contribution in [1.29, 1.82) is 0 Å². The second-order valence-corrected chi connectivity index (χ2v) is 5.81. The van der Waals surface area contributed by atoms with Gasteiger partial charge in [-0.2, -0.15) is 0 Å². The van der Waals surface area contributed by atoms with Crippen molar-refractivity contribution in [3.8, 4) is 0 Å². The van der Waals surface area contributed by atoms with E-state index < -0.39 is 12.4 Å². The van der Waals surface area contributed by atoms with Crippen molar-refractivity contribution >= 4 is 0 Å². The van der Waals surface area contributed by atoms with Crippen LogP contribution in [0.2, 0.25) is 11.8 Å². The van der Waals surface area contributed by atoms with Crippen LogP contribution in [0.15, 0.2) is 23.2 Å². The third-order valence-corrected chi connectivity index (χ3v) is 2.74. The van der Waals surface area contributed by atoms with Crippen molar-refractivity contribution < 1.29 is 12.4 Å². The Morgan fingerprint density at radius 1 is 1.14 bits per heavy atom. The van der Waals surface area contributed by atoms with Crippen molar-refractivity contribution in [2.24, 2.45) is 0 Å². The van der Waals surface area contributed by atoms with Crippen LogP contribution in [-0.2, 0) is 12.4 Å². The van der Waals surface area contributed by atoms with Crippen LogP contribution in [0, 0.1) is 0 Å². The minimum absolute atomic E-state index is 0.722. The predicted octanol–water partition coefficient (Wildman–Crippen LogP) is 2.52. The molecule has 0 nitrogen and oxygen atoms in total. The Kier molecular flexibility index (Phi) is 2.32. The molecular formula is C6H12Ni. The monoisotopic (exact) mass is 142 g/mol. The quantitative estimate of drug-likeness (QED) is 0.520. The van der Waals surface area contributed by atoms with Gasteiger partial charge >= 0.3 is 47.4 Å². The molecule has 0 saturated heterocycles. The average molecular weight is 143 g/mol. The molecule has 0 aromatic rings. The summed E-state index contributed by atoms with van der Waals surface area (Å²) in [6.07, 6.45) is 0. The summed E-state index contributed by atoms with van der Waals surface area (Å²) in [5.41, 5.74) is 0. The summed E-state index contributed by atoms with van der Waals surface area (Å²) in [4.78, 5) is 0. The van der Waals surface area contributed by atoms with Gasteiger partial charge in [0.2, 0.25) is 0 Å². The summed E-state index contributed by atoms with van der Waals surface area (Å²) in [6, 6.07) is 0. The Morgan fingerprint density at radius 3 is 1.43 bits per heavy atom. The normalized spacial score (nSPS) is 12.9. The zero-order valence-corrected chi connectivity index (χ0v) is 5.87. The molecule has 0 heterocycles. The first kappa shape index (κ1) is 6.97. The van der Waals surface area contributed by atoms with E-state index in [0.29, 0.717) is 0 Å². The molecule has 0 atom stereocenters. The van der Waals surface area contributed by atoms with Gasteiger partial charge in [0.1, 0.15) is 0 Å². The van der Waals surface area contributed by atoms with Crippen LogP contribution in [0.5, 0.6) is 0 Å². The molecule has 0 radical (unpaired) electrons. The minimum atomic E-state index is -0.722. The van der Waals surface area contributed by atoms with Crippen molar-refractivity contribution in [2.45, 2.75) is 11.8 Å². The molecule has 0 rings (SSSR count). The van der Waals surface area contributed by atoms with Crippen molar-refractivity contribution in [3.63, 3.8) is 0 Å². The van der Waals surface area contributed by atoms with E-state index in [0.717, 1.165) is 0 Å². The molecule has 0 spiro atoms. The van der Waals surface area contributed by atoms with Gasteiger partial charge in [-0.25, -0.2) is 0 Å². The Morgan fingerprint density at radius 2 is 1.43 bits per heavy atom. The van der Waals surface area contributed by atoms with Crippen LogP contribution in [0.1, 0.15) is 0 Å². The molecule has 46 valence electrons. The molecule has 1 heteroatoms. The second kappa shape index (κ2) is 2.32. The molecule has 0 aliphatic heterocycles. The van der Waals surface area contributed by atoms with Gasteiger partial charge in [0.05, 0.1) is 0 Å². The van der Waals surface area contributed by atoms with Gasteiger partial charge in [-0.1, -0.05) is 0 Å². The summed E-state index contributed by atoms with van der Waals surface area (Å²) in [6.45, 7) is 7.35. The number of hydrogen-bond donors (Lipinski definition) is 0. The van der Waals surface area contributed by atoms with E-state index in [1.165, 1.54) is 0 Å². The Bertz CT molecular complexity index is 72.2. The van der Waals surface area contributed by atoms with Gasteiger partial charge in [-0.3, -0.25) is 0 Å². The topological polar surface area (TPSA) is 0 Å². The maximum atomic E-state index is 3.67.